The van der Waals surface area contributed by atoms with Gasteiger partial charge in [-0.1, -0.05) is 41.7 Å². The minimum Gasteiger partial charge on any atom is -0.485 e. The Bertz CT molecular complexity index is 1000. The Morgan fingerprint density at radius 3 is 2.87 bits per heavy atom. The topological polar surface area (TPSA) is 87.3 Å². The molecule has 0 spiro atoms. The summed E-state index contributed by atoms with van der Waals surface area (Å²) < 4.78 is 16.8. The Kier molecular flexibility index (Phi) is 6.59. The van der Waals surface area contributed by atoms with Crippen molar-refractivity contribution in [3.63, 3.8) is 0 Å². The van der Waals surface area contributed by atoms with Gasteiger partial charge in [-0.15, -0.1) is 0 Å². The molecule has 0 saturated heterocycles. The summed E-state index contributed by atoms with van der Waals surface area (Å²) in [6, 6.07) is 9.03. The van der Waals surface area contributed by atoms with Crippen molar-refractivity contribution in [2.75, 3.05) is 13.2 Å². The average molecular weight is 428 g/mol. The van der Waals surface area contributed by atoms with Gasteiger partial charge in [-0.2, -0.15) is 4.98 Å². The molecule has 30 heavy (non-hydrogen) atoms. The van der Waals surface area contributed by atoms with Crippen LogP contribution in [0.4, 0.5) is 0 Å². The van der Waals surface area contributed by atoms with E-state index in [0.29, 0.717) is 59.2 Å². The second-order valence-electron chi connectivity index (χ2n) is 7.22. The molecule has 0 unspecified atom stereocenters. The second kappa shape index (κ2) is 9.71. The number of carbonyl (C=O) groups excluding carboxylic acids is 1. The molecule has 4 rings (SSSR count). The maximum Gasteiger partial charge on any atom is 0.263 e. The molecule has 1 saturated carbocycles. The lowest BCUT2D eigenvalue weighted by atomic mass is 10.1. The predicted molar refractivity (Wildman–Crippen MR) is 111 cm³/mol. The number of rotatable bonds is 9. The average Bonchev–Trinajstić information content (AvgIpc) is 3.45. The van der Waals surface area contributed by atoms with Crippen LogP contribution in [0.5, 0.6) is 11.6 Å². The zero-order valence-electron chi connectivity index (χ0n) is 16.4. The Labute approximate surface area is 179 Å². The molecule has 1 aromatic carbocycles. The summed E-state index contributed by atoms with van der Waals surface area (Å²) >= 11 is 6.39. The molecule has 7 nitrogen and oxygen atoms in total. The molecule has 0 amide bonds. The van der Waals surface area contributed by atoms with Gasteiger partial charge in [-0.25, -0.2) is 4.98 Å². The van der Waals surface area contributed by atoms with E-state index < -0.39 is 0 Å². The standard InChI is InChI=1S/C22H22ClN3O4/c23-20-16(7-3-9-18(20)28-12-11-27)13-19-25-22(30-26-19)17-8-4-10-24-21(17)29-14-15-5-1-2-6-15/h3-4,7-11,15H,1-2,5-6,12-14H2. The van der Waals surface area contributed by atoms with Crippen LogP contribution in [0.25, 0.3) is 11.5 Å². The van der Waals surface area contributed by atoms with Crippen molar-refractivity contribution in [1.82, 2.24) is 15.1 Å². The van der Waals surface area contributed by atoms with Crippen molar-refractivity contribution >= 4 is 17.9 Å². The third-order valence-corrected chi connectivity index (χ3v) is 5.53. The molecular weight excluding hydrogens is 406 g/mol. The molecule has 2 aromatic heterocycles. The highest BCUT2D eigenvalue weighted by atomic mass is 35.5. The van der Waals surface area contributed by atoms with E-state index in [4.69, 9.17) is 25.6 Å². The molecule has 0 bridgehead atoms. The number of halogens is 1. The highest BCUT2D eigenvalue weighted by Crippen LogP contribution is 2.31. The summed E-state index contributed by atoms with van der Waals surface area (Å²) in [6.07, 6.45) is 7.65. The number of ether oxygens (including phenoxy) is 2. The molecule has 1 aliphatic rings. The Hall–Kier alpha value is -2.93. The largest absolute Gasteiger partial charge is 0.485 e. The molecule has 1 aliphatic carbocycles. The van der Waals surface area contributed by atoms with Gasteiger partial charge in [0, 0.05) is 12.6 Å². The van der Waals surface area contributed by atoms with Crippen molar-refractivity contribution < 1.29 is 18.8 Å². The first-order chi connectivity index (χ1) is 14.7. The van der Waals surface area contributed by atoms with Crippen LogP contribution in [0.3, 0.4) is 0 Å². The number of hydrogen-bond donors (Lipinski definition) is 0. The van der Waals surface area contributed by atoms with Crippen LogP contribution in [-0.2, 0) is 11.2 Å². The van der Waals surface area contributed by atoms with Gasteiger partial charge < -0.3 is 14.0 Å². The maximum atomic E-state index is 10.5. The van der Waals surface area contributed by atoms with Crippen LogP contribution in [0.2, 0.25) is 5.02 Å². The molecule has 156 valence electrons. The summed E-state index contributed by atoms with van der Waals surface area (Å²) in [5.74, 6) is 2.35. The van der Waals surface area contributed by atoms with Crippen LogP contribution >= 0.6 is 11.6 Å². The van der Waals surface area contributed by atoms with Gasteiger partial charge in [0.1, 0.15) is 17.9 Å². The van der Waals surface area contributed by atoms with Crippen LogP contribution in [0.1, 0.15) is 37.1 Å². The zero-order valence-corrected chi connectivity index (χ0v) is 17.2. The Morgan fingerprint density at radius 2 is 2.03 bits per heavy atom. The number of nitrogens with zero attached hydrogens (tertiary/aromatic N) is 3. The molecule has 0 N–H and O–H groups in total. The van der Waals surface area contributed by atoms with E-state index >= 15 is 0 Å². The van der Waals surface area contributed by atoms with Crippen LogP contribution in [0, 0.1) is 5.92 Å². The summed E-state index contributed by atoms with van der Waals surface area (Å²) in [4.78, 5) is 19.4. The summed E-state index contributed by atoms with van der Waals surface area (Å²) in [5.41, 5.74) is 1.44. The summed E-state index contributed by atoms with van der Waals surface area (Å²) in [7, 11) is 0. The van der Waals surface area contributed by atoms with E-state index in [1.54, 1.807) is 18.3 Å². The monoisotopic (exact) mass is 427 g/mol. The van der Waals surface area contributed by atoms with Crippen LogP contribution in [0.15, 0.2) is 41.1 Å². The van der Waals surface area contributed by atoms with Crippen LogP contribution in [-0.4, -0.2) is 34.6 Å². The van der Waals surface area contributed by atoms with Crippen molar-refractivity contribution in [2.24, 2.45) is 5.92 Å². The SMILES string of the molecule is O=CCOc1cccc(Cc2noc(-c3cccnc3OCC3CCCC3)n2)c1Cl. The number of aromatic nitrogens is 3. The zero-order chi connectivity index (χ0) is 20.8. The summed E-state index contributed by atoms with van der Waals surface area (Å²) in [6.45, 7) is 0.592. The van der Waals surface area contributed by atoms with Gasteiger partial charge in [0.2, 0.25) is 5.88 Å². The van der Waals surface area contributed by atoms with Crippen molar-refractivity contribution in [3.05, 3.63) is 52.9 Å². The highest BCUT2D eigenvalue weighted by molar-refractivity contribution is 6.32. The number of pyridine rings is 1. The number of carbonyl (C=O) groups is 1. The van der Waals surface area contributed by atoms with Gasteiger partial charge in [-0.05, 0) is 42.5 Å². The van der Waals surface area contributed by atoms with Crippen LogP contribution < -0.4 is 9.47 Å². The lowest BCUT2D eigenvalue weighted by molar-refractivity contribution is -0.109. The molecule has 8 heteroatoms. The fraction of sp³-hybridized carbons (Fsp3) is 0.364. The lowest BCUT2D eigenvalue weighted by Crippen LogP contribution is -2.09. The highest BCUT2D eigenvalue weighted by Gasteiger charge is 2.20. The third kappa shape index (κ3) is 4.79. The maximum absolute atomic E-state index is 10.5. The van der Waals surface area contributed by atoms with Gasteiger partial charge >= 0.3 is 0 Å². The van der Waals surface area contributed by atoms with E-state index in [9.17, 15) is 4.79 Å². The molecule has 0 atom stereocenters. The van der Waals surface area contributed by atoms with Gasteiger partial charge in [0.25, 0.3) is 5.89 Å². The van der Waals surface area contributed by atoms with Crippen molar-refractivity contribution in [3.8, 4) is 23.1 Å². The van der Waals surface area contributed by atoms with Gasteiger partial charge in [0.05, 0.1) is 11.6 Å². The van der Waals surface area contributed by atoms with Crippen molar-refractivity contribution in [2.45, 2.75) is 32.1 Å². The second-order valence-corrected chi connectivity index (χ2v) is 7.60. The number of benzene rings is 1. The van der Waals surface area contributed by atoms with E-state index in [1.807, 2.05) is 18.2 Å². The Morgan fingerprint density at radius 1 is 1.17 bits per heavy atom. The first-order valence-corrected chi connectivity index (χ1v) is 10.4. The third-order valence-electron chi connectivity index (χ3n) is 5.10. The van der Waals surface area contributed by atoms with Gasteiger partial charge in [0.15, 0.2) is 12.1 Å². The number of hydrogen-bond acceptors (Lipinski definition) is 7. The molecule has 1 fully saturated rings. The lowest BCUT2D eigenvalue weighted by Gasteiger charge is -2.11. The fourth-order valence-corrected chi connectivity index (χ4v) is 3.82. The quantitative estimate of drug-likeness (QED) is 0.464. The van der Waals surface area contributed by atoms with E-state index in [1.165, 1.54) is 25.7 Å². The molecule has 2 heterocycles. The smallest absolute Gasteiger partial charge is 0.263 e. The molecule has 0 radical (unpaired) electrons. The minimum absolute atomic E-state index is 0.0554. The predicted octanol–water partition coefficient (Wildman–Crippen LogP) is 4.52. The molecular formula is C22H22ClN3O4. The number of aldehydes is 1. The first kappa shape index (κ1) is 20.3. The van der Waals surface area contributed by atoms with E-state index in [-0.39, 0.29) is 6.61 Å². The molecule has 0 aliphatic heterocycles. The molecule has 3 aromatic rings. The normalized spacial score (nSPS) is 14.0. The fourth-order valence-electron chi connectivity index (χ4n) is 3.58. The Balaban J connectivity index is 1.49. The van der Waals surface area contributed by atoms with Gasteiger partial charge in [-0.3, -0.25) is 4.79 Å². The summed E-state index contributed by atoms with van der Waals surface area (Å²) in [5, 5.41) is 4.50. The minimum atomic E-state index is -0.0554. The van der Waals surface area contributed by atoms with Crippen molar-refractivity contribution in [1.29, 1.82) is 0 Å². The first-order valence-electron chi connectivity index (χ1n) is 9.99. The van der Waals surface area contributed by atoms with E-state index in [0.717, 1.165) is 5.56 Å². The van der Waals surface area contributed by atoms with E-state index in [2.05, 4.69) is 15.1 Å².